The molecule has 0 amide bonds. The molecule has 1 aliphatic rings. The van der Waals surface area contributed by atoms with Crippen LogP contribution in [-0.2, 0) is 7.05 Å². The van der Waals surface area contributed by atoms with Crippen LogP contribution in [0.1, 0.15) is 65.4 Å². The molecule has 114 valence electrons. The van der Waals surface area contributed by atoms with Gasteiger partial charge in [-0.15, -0.1) is 0 Å². The van der Waals surface area contributed by atoms with Crippen LogP contribution in [0, 0.1) is 11.3 Å². The molecule has 2 unspecified atom stereocenters. The first-order valence-electron chi connectivity index (χ1n) is 7.90. The van der Waals surface area contributed by atoms with Crippen LogP contribution < -0.4 is 5.32 Å². The molecule has 0 aromatic carbocycles. The lowest BCUT2D eigenvalue weighted by Crippen LogP contribution is -2.42. The molecule has 1 N–H and O–H groups in total. The Hall–Kier alpha value is -0.830. The highest BCUT2D eigenvalue weighted by Gasteiger charge is 2.36. The number of nitrogens with zero attached hydrogens (tertiary/aromatic N) is 2. The molecule has 3 nitrogen and oxygen atoms in total. The number of nitrogens with one attached hydrogen (secondary N) is 1. The summed E-state index contributed by atoms with van der Waals surface area (Å²) in [6.45, 7) is 12.7. The van der Waals surface area contributed by atoms with Crippen molar-refractivity contribution in [2.24, 2.45) is 18.4 Å². The minimum absolute atomic E-state index is 0.201. The van der Waals surface area contributed by atoms with Crippen molar-refractivity contribution in [2.45, 2.75) is 65.3 Å². The second kappa shape index (κ2) is 5.51. The van der Waals surface area contributed by atoms with Crippen molar-refractivity contribution < 1.29 is 0 Å². The van der Waals surface area contributed by atoms with Gasteiger partial charge in [-0.05, 0) is 69.4 Å². The highest BCUT2D eigenvalue weighted by Crippen LogP contribution is 2.46. The highest BCUT2D eigenvalue weighted by atomic mass is 15.2. The van der Waals surface area contributed by atoms with E-state index in [-0.39, 0.29) is 5.54 Å². The molecule has 0 aliphatic heterocycles. The van der Waals surface area contributed by atoms with Crippen molar-refractivity contribution in [3.63, 3.8) is 0 Å². The lowest BCUT2D eigenvalue weighted by Gasteiger charge is -2.41. The van der Waals surface area contributed by atoms with Crippen molar-refractivity contribution >= 4 is 0 Å². The average Bonchev–Trinajstić information content (AvgIpc) is 2.72. The van der Waals surface area contributed by atoms with Gasteiger partial charge in [0, 0.05) is 18.8 Å². The van der Waals surface area contributed by atoms with Gasteiger partial charge < -0.3 is 5.32 Å². The molecular weight excluding hydrogens is 246 g/mol. The summed E-state index contributed by atoms with van der Waals surface area (Å²) in [5, 5.41) is 8.08. The Kier molecular flexibility index (Phi) is 4.29. The lowest BCUT2D eigenvalue weighted by molar-refractivity contribution is 0.154. The van der Waals surface area contributed by atoms with E-state index in [2.05, 4.69) is 57.4 Å². The van der Waals surface area contributed by atoms with E-state index in [0.717, 1.165) is 12.5 Å². The zero-order valence-electron chi connectivity index (χ0n) is 14.0. The topological polar surface area (TPSA) is 29.9 Å². The Morgan fingerprint density at radius 1 is 1.40 bits per heavy atom. The minimum atomic E-state index is 0.201. The molecule has 0 spiro atoms. The summed E-state index contributed by atoms with van der Waals surface area (Å²) in [7, 11) is 2.01. The van der Waals surface area contributed by atoms with Gasteiger partial charge in [-0.1, -0.05) is 13.8 Å². The quantitative estimate of drug-likeness (QED) is 0.912. The summed E-state index contributed by atoms with van der Waals surface area (Å²) in [6, 6.07) is 0. The number of hydrogen-bond donors (Lipinski definition) is 1. The third-order valence-corrected chi connectivity index (χ3v) is 4.58. The van der Waals surface area contributed by atoms with Crippen molar-refractivity contribution in [2.75, 3.05) is 6.54 Å². The summed E-state index contributed by atoms with van der Waals surface area (Å²) in [5.74, 6) is 1.37. The molecular formula is C17H31N3. The van der Waals surface area contributed by atoms with E-state index >= 15 is 0 Å². The van der Waals surface area contributed by atoms with E-state index in [0.29, 0.717) is 11.3 Å². The average molecular weight is 277 g/mol. The number of hydrogen-bond acceptors (Lipinski definition) is 2. The molecule has 0 bridgehead atoms. The van der Waals surface area contributed by atoms with Crippen LogP contribution in [0.5, 0.6) is 0 Å². The van der Waals surface area contributed by atoms with E-state index < -0.39 is 0 Å². The summed E-state index contributed by atoms with van der Waals surface area (Å²) in [6.07, 6.45) is 8.19. The van der Waals surface area contributed by atoms with Crippen LogP contribution in [0.4, 0.5) is 0 Å². The number of aromatic nitrogens is 2. The Bertz CT molecular complexity index is 439. The fourth-order valence-electron chi connectivity index (χ4n) is 3.34. The third-order valence-electron chi connectivity index (χ3n) is 4.58. The van der Waals surface area contributed by atoms with Gasteiger partial charge in [0.25, 0.3) is 0 Å². The maximum Gasteiger partial charge on any atom is 0.0524 e. The second-order valence-corrected chi connectivity index (χ2v) is 8.35. The Morgan fingerprint density at radius 2 is 2.10 bits per heavy atom. The minimum Gasteiger partial charge on any atom is -0.312 e. The van der Waals surface area contributed by atoms with Gasteiger partial charge in [0.05, 0.1) is 6.20 Å². The molecule has 2 rings (SSSR count). The molecule has 2 atom stereocenters. The molecule has 3 heteroatoms. The van der Waals surface area contributed by atoms with Crippen LogP contribution in [0.2, 0.25) is 0 Å². The fourth-order valence-corrected chi connectivity index (χ4v) is 3.34. The maximum atomic E-state index is 4.38. The van der Waals surface area contributed by atoms with E-state index in [9.17, 15) is 0 Å². The van der Waals surface area contributed by atoms with Gasteiger partial charge in [-0.25, -0.2) is 0 Å². The number of rotatable bonds is 3. The standard InChI is InChI=1S/C17H31N3/c1-16(2,3)18-10-13-7-8-17(4,5)9-15(13)14-11-19-20(6)12-14/h11-13,15,18H,7-10H2,1-6H3. The zero-order chi connectivity index (χ0) is 15.0. The first-order chi connectivity index (χ1) is 9.16. The predicted molar refractivity (Wildman–Crippen MR) is 84.8 cm³/mol. The van der Waals surface area contributed by atoms with Gasteiger partial charge in [0.15, 0.2) is 0 Å². The van der Waals surface area contributed by atoms with E-state index in [4.69, 9.17) is 0 Å². The van der Waals surface area contributed by atoms with Crippen molar-refractivity contribution in [1.29, 1.82) is 0 Å². The lowest BCUT2D eigenvalue weighted by atomic mass is 9.65. The Labute approximate surface area is 124 Å². The third kappa shape index (κ3) is 4.08. The molecule has 1 aromatic heterocycles. The first-order valence-corrected chi connectivity index (χ1v) is 7.90. The van der Waals surface area contributed by atoms with Crippen LogP contribution in [0.3, 0.4) is 0 Å². The predicted octanol–water partition coefficient (Wildman–Crippen LogP) is 3.72. The van der Waals surface area contributed by atoms with Crippen LogP contribution in [-0.4, -0.2) is 21.9 Å². The highest BCUT2D eigenvalue weighted by molar-refractivity contribution is 5.15. The Morgan fingerprint density at radius 3 is 2.65 bits per heavy atom. The summed E-state index contributed by atoms with van der Waals surface area (Å²) >= 11 is 0. The van der Waals surface area contributed by atoms with E-state index in [1.165, 1.54) is 24.8 Å². The van der Waals surface area contributed by atoms with Gasteiger partial charge in [-0.2, -0.15) is 5.10 Å². The van der Waals surface area contributed by atoms with Gasteiger partial charge in [0.1, 0.15) is 0 Å². The monoisotopic (exact) mass is 277 g/mol. The van der Waals surface area contributed by atoms with Gasteiger partial charge in [-0.3, -0.25) is 4.68 Å². The van der Waals surface area contributed by atoms with Crippen LogP contribution in [0.25, 0.3) is 0 Å². The molecule has 1 aliphatic carbocycles. The normalized spacial score (nSPS) is 26.7. The maximum absolute atomic E-state index is 4.38. The Balaban J connectivity index is 2.12. The largest absolute Gasteiger partial charge is 0.312 e. The summed E-state index contributed by atoms with van der Waals surface area (Å²) in [5.41, 5.74) is 2.08. The van der Waals surface area contributed by atoms with Crippen molar-refractivity contribution in [1.82, 2.24) is 15.1 Å². The molecule has 0 radical (unpaired) electrons. The summed E-state index contributed by atoms with van der Waals surface area (Å²) < 4.78 is 1.94. The number of aryl methyl sites for hydroxylation is 1. The van der Waals surface area contributed by atoms with E-state index in [1.54, 1.807) is 0 Å². The molecule has 1 fully saturated rings. The first kappa shape index (κ1) is 15.6. The van der Waals surface area contributed by atoms with Gasteiger partial charge >= 0.3 is 0 Å². The van der Waals surface area contributed by atoms with Gasteiger partial charge in [0.2, 0.25) is 0 Å². The second-order valence-electron chi connectivity index (χ2n) is 8.35. The SMILES string of the molecule is Cn1cc(C2CC(C)(C)CCC2CNC(C)(C)C)cn1. The molecule has 20 heavy (non-hydrogen) atoms. The van der Waals surface area contributed by atoms with E-state index in [1.807, 2.05) is 11.7 Å². The van der Waals surface area contributed by atoms with Crippen molar-refractivity contribution in [3.05, 3.63) is 18.0 Å². The molecule has 0 saturated heterocycles. The summed E-state index contributed by atoms with van der Waals surface area (Å²) in [4.78, 5) is 0. The zero-order valence-corrected chi connectivity index (χ0v) is 14.0. The molecule has 1 heterocycles. The van der Waals surface area contributed by atoms with Crippen LogP contribution in [0.15, 0.2) is 12.4 Å². The smallest absolute Gasteiger partial charge is 0.0524 e. The molecule has 1 saturated carbocycles. The molecule has 1 aromatic rings. The van der Waals surface area contributed by atoms with Crippen LogP contribution >= 0.6 is 0 Å². The fraction of sp³-hybridized carbons (Fsp3) is 0.824. The van der Waals surface area contributed by atoms with Crippen molar-refractivity contribution in [3.8, 4) is 0 Å².